The van der Waals surface area contributed by atoms with Gasteiger partial charge in [-0.1, -0.05) is 30.3 Å². The first-order valence-electron chi connectivity index (χ1n) is 9.29. The summed E-state index contributed by atoms with van der Waals surface area (Å²) in [5.41, 5.74) is -0.183. The molecule has 0 spiro atoms. The molecule has 6 nitrogen and oxygen atoms in total. The van der Waals surface area contributed by atoms with E-state index in [0.717, 1.165) is 24.8 Å². The zero-order valence-corrected chi connectivity index (χ0v) is 14.7. The highest BCUT2D eigenvalue weighted by atomic mass is 16.5. The van der Waals surface area contributed by atoms with Gasteiger partial charge in [-0.2, -0.15) is 5.16 Å². The lowest BCUT2D eigenvalue weighted by molar-refractivity contribution is -0.130. The maximum atomic E-state index is 12.6. The molecule has 1 saturated heterocycles. The number of aromatic amines is 1. The van der Waals surface area contributed by atoms with E-state index in [1.807, 2.05) is 35.2 Å². The Bertz CT molecular complexity index is 828. The van der Waals surface area contributed by atoms with E-state index in [1.165, 1.54) is 6.07 Å². The van der Waals surface area contributed by atoms with Gasteiger partial charge in [-0.15, -0.1) is 0 Å². The Balaban J connectivity index is 1.45. The third-order valence-electron chi connectivity index (χ3n) is 5.97. The molecule has 2 heterocycles. The first kappa shape index (κ1) is 17.1. The summed E-state index contributed by atoms with van der Waals surface area (Å²) in [6.07, 6.45) is 3.49. The molecular weight excluding hydrogens is 332 g/mol. The molecule has 2 fully saturated rings. The van der Waals surface area contributed by atoms with Crippen LogP contribution >= 0.6 is 0 Å². The summed E-state index contributed by atoms with van der Waals surface area (Å²) in [5, 5.41) is 13.7. The molecule has 0 unspecified atom stereocenters. The van der Waals surface area contributed by atoms with Gasteiger partial charge in [0.2, 0.25) is 5.91 Å². The van der Waals surface area contributed by atoms with Crippen LogP contribution in [0.1, 0.15) is 37.0 Å². The highest BCUT2D eigenvalue weighted by Crippen LogP contribution is 2.48. The first-order chi connectivity index (χ1) is 12.6. The predicted octanol–water partition coefficient (Wildman–Crippen LogP) is 2.05. The second-order valence-electron chi connectivity index (χ2n) is 7.53. The summed E-state index contributed by atoms with van der Waals surface area (Å²) in [7, 11) is 0. The van der Waals surface area contributed by atoms with Crippen molar-refractivity contribution in [2.45, 2.75) is 37.7 Å². The van der Waals surface area contributed by atoms with Crippen LogP contribution in [0, 0.1) is 11.8 Å². The van der Waals surface area contributed by atoms with Gasteiger partial charge in [0.15, 0.2) is 0 Å². The number of hydrogen-bond acceptors (Lipinski definition) is 4. The van der Waals surface area contributed by atoms with E-state index >= 15 is 0 Å². The van der Waals surface area contributed by atoms with Crippen molar-refractivity contribution in [3.63, 3.8) is 0 Å². The molecular formula is C20H24N2O4. The highest BCUT2D eigenvalue weighted by molar-refractivity contribution is 5.76. The van der Waals surface area contributed by atoms with Gasteiger partial charge in [0.25, 0.3) is 5.56 Å². The molecule has 2 aromatic rings. The number of fused-ring (bicyclic) bond motifs is 1. The van der Waals surface area contributed by atoms with Crippen molar-refractivity contribution < 1.29 is 14.4 Å². The Morgan fingerprint density at radius 2 is 2.12 bits per heavy atom. The van der Waals surface area contributed by atoms with Crippen molar-refractivity contribution in [1.29, 1.82) is 0 Å². The highest BCUT2D eigenvalue weighted by Gasteiger charge is 2.50. The summed E-state index contributed by atoms with van der Waals surface area (Å²) >= 11 is 0. The standard InChI is InChI=1S/C20H24N2O4/c23-18-11-16(26-21-18)8-9-19(24)22-12-14-5-4-10-20(25,17(14)13-22)15-6-2-1-3-7-15/h1-3,6-7,11,14,17,25H,4-5,8-10,12-13H2,(H,21,23)/t14-,17+,20+/m0/s1. The molecule has 6 heteroatoms. The third kappa shape index (κ3) is 3.09. The number of hydrogen-bond donors (Lipinski definition) is 2. The summed E-state index contributed by atoms with van der Waals surface area (Å²) in [4.78, 5) is 25.6. The summed E-state index contributed by atoms with van der Waals surface area (Å²) < 4.78 is 5.01. The van der Waals surface area contributed by atoms with Gasteiger partial charge < -0.3 is 14.5 Å². The maximum absolute atomic E-state index is 12.6. The zero-order chi connectivity index (χ0) is 18.1. The molecule has 1 saturated carbocycles. The second kappa shape index (κ2) is 6.76. The van der Waals surface area contributed by atoms with E-state index in [1.54, 1.807) is 0 Å². The van der Waals surface area contributed by atoms with Gasteiger partial charge in [-0.05, 0) is 30.7 Å². The monoisotopic (exact) mass is 356 g/mol. The lowest BCUT2D eigenvalue weighted by Crippen LogP contribution is -2.42. The van der Waals surface area contributed by atoms with Gasteiger partial charge >= 0.3 is 0 Å². The molecule has 138 valence electrons. The number of aromatic nitrogens is 1. The van der Waals surface area contributed by atoms with Crippen LogP contribution in [0.4, 0.5) is 0 Å². The molecule has 0 bridgehead atoms. The van der Waals surface area contributed by atoms with Crippen molar-refractivity contribution in [2.75, 3.05) is 13.1 Å². The minimum Gasteiger partial charge on any atom is -0.385 e. The van der Waals surface area contributed by atoms with Crippen LogP contribution < -0.4 is 5.56 Å². The number of aliphatic hydroxyl groups is 1. The van der Waals surface area contributed by atoms with Crippen LogP contribution in [0.15, 0.2) is 45.7 Å². The van der Waals surface area contributed by atoms with Crippen LogP contribution in [0.2, 0.25) is 0 Å². The smallest absolute Gasteiger partial charge is 0.280 e. The first-order valence-corrected chi connectivity index (χ1v) is 9.29. The number of carbonyl (C=O) groups excluding carboxylic acids is 1. The number of rotatable bonds is 4. The average Bonchev–Trinajstić information content (AvgIpc) is 3.28. The van der Waals surface area contributed by atoms with E-state index in [0.29, 0.717) is 37.6 Å². The zero-order valence-electron chi connectivity index (χ0n) is 14.7. The van der Waals surface area contributed by atoms with Crippen LogP contribution in [-0.4, -0.2) is 34.2 Å². The lowest BCUT2D eigenvalue weighted by Gasteiger charge is -2.41. The molecule has 1 amide bonds. The molecule has 2 aliphatic rings. The Morgan fingerprint density at radius 3 is 2.85 bits per heavy atom. The summed E-state index contributed by atoms with van der Waals surface area (Å²) in [6.45, 7) is 1.29. The predicted molar refractivity (Wildman–Crippen MR) is 95.4 cm³/mol. The van der Waals surface area contributed by atoms with Gasteiger partial charge in [0.05, 0.1) is 5.60 Å². The van der Waals surface area contributed by atoms with Gasteiger partial charge in [0, 0.05) is 37.9 Å². The molecule has 4 rings (SSSR count). The SMILES string of the molecule is O=C(CCc1cc(=O)[nH]o1)N1C[C@@H]2CCC[C@@](O)(c3ccccc3)[C@@H]2C1. The van der Waals surface area contributed by atoms with Crippen LogP contribution in [0.3, 0.4) is 0 Å². The fourth-order valence-electron chi connectivity index (χ4n) is 4.65. The molecule has 2 N–H and O–H groups in total. The van der Waals surface area contributed by atoms with Gasteiger partial charge in [-0.3, -0.25) is 9.59 Å². The minimum atomic E-state index is -0.855. The third-order valence-corrected chi connectivity index (χ3v) is 5.97. The fourth-order valence-corrected chi connectivity index (χ4v) is 4.65. The summed E-state index contributed by atoms with van der Waals surface area (Å²) in [6, 6.07) is 11.2. The van der Waals surface area contributed by atoms with Gasteiger partial charge in [-0.25, -0.2) is 0 Å². The Kier molecular flexibility index (Phi) is 4.44. The Morgan fingerprint density at radius 1 is 1.31 bits per heavy atom. The number of likely N-dealkylation sites (tertiary alicyclic amines) is 1. The number of amides is 1. The Labute approximate surface area is 151 Å². The number of benzene rings is 1. The van der Waals surface area contributed by atoms with Crippen molar-refractivity contribution in [1.82, 2.24) is 10.1 Å². The van der Waals surface area contributed by atoms with Crippen molar-refractivity contribution in [3.05, 3.63) is 58.1 Å². The lowest BCUT2D eigenvalue weighted by atomic mass is 9.67. The van der Waals surface area contributed by atoms with Crippen molar-refractivity contribution in [3.8, 4) is 0 Å². The molecule has 3 atom stereocenters. The van der Waals surface area contributed by atoms with E-state index in [-0.39, 0.29) is 17.4 Å². The molecule has 1 aliphatic carbocycles. The number of carbonyl (C=O) groups is 1. The largest absolute Gasteiger partial charge is 0.385 e. The van der Waals surface area contributed by atoms with Gasteiger partial charge in [0.1, 0.15) is 5.76 Å². The normalized spacial score (nSPS) is 28.1. The summed E-state index contributed by atoms with van der Waals surface area (Å²) in [5.74, 6) is 0.968. The van der Waals surface area contributed by atoms with E-state index in [2.05, 4.69) is 5.16 Å². The van der Waals surface area contributed by atoms with Crippen LogP contribution in [0.5, 0.6) is 0 Å². The topological polar surface area (TPSA) is 86.5 Å². The number of H-pyrrole nitrogens is 1. The molecule has 1 aliphatic heterocycles. The van der Waals surface area contributed by atoms with E-state index < -0.39 is 5.60 Å². The Hall–Kier alpha value is -2.34. The minimum absolute atomic E-state index is 0.0543. The maximum Gasteiger partial charge on any atom is 0.280 e. The number of aryl methyl sites for hydroxylation is 1. The van der Waals surface area contributed by atoms with Crippen LogP contribution in [0.25, 0.3) is 0 Å². The van der Waals surface area contributed by atoms with Crippen LogP contribution in [-0.2, 0) is 16.8 Å². The van der Waals surface area contributed by atoms with Crippen molar-refractivity contribution in [2.24, 2.45) is 11.8 Å². The number of nitrogens with zero attached hydrogens (tertiary/aromatic N) is 1. The molecule has 1 aromatic heterocycles. The molecule has 0 radical (unpaired) electrons. The second-order valence-corrected chi connectivity index (χ2v) is 7.53. The van der Waals surface area contributed by atoms with Crippen molar-refractivity contribution >= 4 is 5.91 Å². The molecule has 1 aromatic carbocycles. The average molecular weight is 356 g/mol. The van der Waals surface area contributed by atoms with E-state index in [4.69, 9.17) is 4.52 Å². The quantitative estimate of drug-likeness (QED) is 0.878. The fraction of sp³-hybridized carbons (Fsp3) is 0.500. The van der Waals surface area contributed by atoms with E-state index in [9.17, 15) is 14.7 Å². The molecule has 26 heavy (non-hydrogen) atoms. The number of nitrogens with one attached hydrogen (secondary N) is 1.